The van der Waals surface area contributed by atoms with Gasteiger partial charge in [0.25, 0.3) is 0 Å². The molecule has 0 saturated carbocycles. The summed E-state index contributed by atoms with van der Waals surface area (Å²) in [7, 11) is 0. The molecule has 0 aliphatic rings. The molecule has 3 heteroatoms. The maximum absolute atomic E-state index is 11.2. The van der Waals surface area contributed by atoms with Gasteiger partial charge in [-0.15, -0.1) is 0 Å². The molecule has 0 spiro atoms. The van der Waals surface area contributed by atoms with Crippen LogP contribution in [0.2, 0.25) is 0 Å². The highest BCUT2D eigenvalue weighted by Gasteiger charge is 2.02. The lowest BCUT2D eigenvalue weighted by Gasteiger charge is -2.01. The zero-order valence-electron chi connectivity index (χ0n) is 8.65. The van der Waals surface area contributed by atoms with Gasteiger partial charge in [0.05, 0.1) is 11.8 Å². The Bertz CT molecular complexity index is 543. The fourth-order valence-corrected chi connectivity index (χ4v) is 1.46. The third-order valence-corrected chi connectivity index (χ3v) is 2.09. The molecule has 0 saturated heterocycles. The molecule has 0 fully saturated rings. The molecule has 0 N–H and O–H groups in total. The minimum Gasteiger partial charge on any atom is -0.409 e. The second-order valence-corrected chi connectivity index (χ2v) is 3.45. The Hall–Kier alpha value is -1.90. The number of aryl methyl sites for hydroxylation is 2. The van der Waals surface area contributed by atoms with Crippen LogP contribution >= 0.6 is 0 Å². The Kier molecular flexibility index (Phi) is 2.37. The van der Waals surface area contributed by atoms with Gasteiger partial charge < -0.3 is 4.42 Å². The summed E-state index contributed by atoms with van der Waals surface area (Å²) < 4.78 is 4.80. The number of benzene rings is 1. The zero-order valence-corrected chi connectivity index (χ0v) is 8.65. The quantitative estimate of drug-likeness (QED) is 0.711. The molecule has 0 radical (unpaired) electrons. The smallest absolute Gasteiger partial charge is 0.339 e. The highest BCUT2D eigenvalue weighted by atomic mass is 16.4. The monoisotopic (exact) mass is 201 g/mol. The third kappa shape index (κ3) is 2.13. The molecule has 0 unspecified atom stereocenters. The lowest BCUT2D eigenvalue weighted by atomic mass is 10.1. The SMILES string of the molecule is Cc1cccc(-c2cc(=O)oc(C)n2)c1. The first-order valence-electron chi connectivity index (χ1n) is 4.71. The summed E-state index contributed by atoms with van der Waals surface area (Å²) in [5.41, 5.74) is 2.37. The minimum atomic E-state index is -0.362. The van der Waals surface area contributed by atoms with E-state index in [1.807, 2.05) is 31.2 Å². The van der Waals surface area contributed by atoms with E-state index in [1.165, 1.54) is 6.07 Å². The lowest BCUT2D eigenvalue weighted by Crippen LogP contribution is -2.01. The van der Waals surface area contributed by atoms with Crippen LogP contribution in [0.15, 0.2) is 39.5 Å². The van der Waals surface area contributed by atoms with Crippen molar-refractivity contribution < 1.29 is 4.42 Å². The Labute approximate surface area is 87.4 Å². The van der Waals surface area contributed by atoms with Crippen molar-refractivity contribution in [1.82, 2.24) is 4.98 Å². The van der Waals surface area contributed by atoms with E-state index in [0.29, 0.717) is 11.6 Å². The van der Waals surface area contributed by atoms with Gasteiger partial charge in [0.15, 0.2) is 5.89 Å². The average molecular weight is 201 g/mol. The van der Waals surface area contributed by atoms with Gasteiger partial charge in [0.2, 0.25) is 0 Å². The number of nitrogens with zero attached hydrogens (tertiary/aromatic N) is 1. The highest BCUT2D eigenvalue weighted by molar-refractivity contribution is 5.59. The molecule has 0 aliphatic heterocycles. The van der Waals surface area contributed by atoms with Gasteiger partial charge >= 0.3 is 5.63 Å². The molecule has 0 aliphatic carbocycles. The Morgan fingerprint density at radius 3 is 2.67 bits per heavy atom. The molecule has 0 atom stereocenters. The molecule has 1 heterocycles. The molecular weight excluding hydrogens is 190 g/mol. The molecular formula is C12H11NO2. The first kappa shape index (κ1) is 9.65. The van der Waals surface area contributed by atoms with E-state index in [-0.39, 0.29) is 5.63 Å². The van der Waals surface area contributed by atoms with Crippen molar-refractivity contribution in [3.8, 4) is 11.3 Å². The molecule has 2 rings (SSSR count). The second kappa shape index (κ2) is 3.69. The number of hydrogen-bond donors (Lipinski definition) is 0. The molecule has 3 nitrogen and oxygen atoms in total. The van der Waals surface area contributed by atoms with E-state index in [0.717, 1.165) is 11.1 Å². The van der Waals surface area contributed by atoms with E-state index in [4.69, 9.17) is 4.42 Å². The summed E-state index contributed by atoms with van der Waals surface area (Å²) in [6.07, 6.45) is 0. The lowest BCUT2D eigenvalue weighted by molar-refractivity contribution is 0.458. The van der Waals surface area contributed by atoms with Crippen LogP contribution in [0.4, 0.5) is 0 Å². The fourth-order valence-electron chi connectivity index (χ4n) is 1.46. The van der Waals surface area contributed by atoms with Crippen LogP contribution in [0.5, 0.6) is 0 Å². The standard InChI is InChI=1S/C12H11NO2/c1-8-4-3-5-10(6-8)11-7-12(14)15-9(2)13-11/h3-7H,1-2H3. The zero-order chi connectivity index (χ0) is 10.8. The second-order valence-electron chi connectivity index (χ2n) is 3.45. The summed E-state index contributed by atoms with van der Waals surface area (Å²) in [6, 6.07) is 9.26. The van der Waals surface area contributed by atoms with E-state index in [1.54, 1.807) is 6.92 Å². The highest BCUT2D eigenvalue weighted by Crippen LogP contribution is 2.16. The molecule has 0 amide bonds. The minimum absolute atomic E-state index is 0.362. The number of hydrogen-bond acceptors (Lipinski definition) is 3. The van der Waals surface area contributed by atoms with Crippen LogP contribution in [-0.4, -0.2) is 4.98 Å². The molecule has 1 aromatic carbocycles. The first-order valence-corrected chi connectivity index (χ1v) is 4.71. The molecule has 1 aromatic heterocycles. The summed E-state index contributed by atoms with van der Waals surface area (Å²) in [5.74, 6) is 0.388. The van der Waals surface area contributed by atoms with Gasteiger partial charge in [-0.1, -0.05) is 23.8 Å². The Balaban J connectivity index is 2.59. The van der Waals surface area contributed by atoms with Gasteiger partial charge in [-0.2, -0.15) is 0 Å². The van der Waals surface area contributed by atoms with Crippen molar-refractivity contribution in [2.24, 2.45) is 0 Å². The Morgan fingerprint density at radius 2 is 2.00 bits per heavy atom. The van der Waals surface area contributed by atoms with Crippen molar-refractivity contribution in [2.45, 2.75) is 13.8 Å². The molecule has 2 aromatic rings. The van der Waals surface area contributed by atoms with Gasteiger partial charge in [0, 0.05) is 12.5 Å². The average Bonchev–Trinajstić information content (AvgIpc) is 2.16. The van der Waals surface area contributed by atoms with Gasteiger partial charge in [-0.3, -0.25) is 0 Å². The normalized spacial score (nSPS) is 10.3. The first-order chi connectivity index (χ1) is 7.15. The predicted octanol–water partition coefficient (Wildman–Crippen LogP) is 2.32. The van der Waals surface area contributed by atoms with Crippen LogP contribution < -0.4 is 5.63 Å². The summed E-state index contributed by atoms with van der Waals surface area (Å²) in [6.45, 7) is 3.67. The van der Waals surface area contributed by atoms with Crippen LogP contribution in [0.25, 0.3) is 11.3 Å². The van der Waals surface area contributed by atoms with Crippen LogP contribution in [0.3, 0.4) is 0 Å². The molecule has 76 valence electrons. The van der Waals surface area contributed by atoms with Crippen LogP contribution in [-0.2, 0) is 0 Å². The molecule has 15 heavy (non-hydrogen) atoms. The van der Waals surface area contributed by atoms with E-state index < -0.39 is 0 Å². The van der Waals surface area contributed by atoms with Crippen molar-refractivity contribution in [1.29, 1.82) is 0 Å². The van der Waals surface area contributed by atoms with Crippen molar-refractivity contribution >= 4 is 0 Å². The molecule has 0 bridgehead atoms. The number of rotatable bonds is 1. The summed E-state index contributed by atoms with van der Waals surface area (Å²) >= 11 is 0. The largest absolute Gasteiger partial charge is 0.409 e. The van der Waals surface area contributed by atoms with E-state index in [2.05, 4.69) is 4.98 Å². The van der Waals surface area contributed by atoms with Crippen molar-refractivity contribution in [3.63, 3.8) is 0 Å². The summed E-state index contributed by atoms with van der Waals surface area (Å²) in [5, 5.41) is 0. The van der Waals surface area contributed by atoms with E-state index >= 15 is 0 Å². The predicted molar refractivity (Wildman–Crippen MR) is 57.7 cm³/mol. The van der Waals surface area contributed by atoms with Gasteiger partial charge in [-0.25, -0.2) is 9.78 Å². The van der Waals surface area contributed by atoms with E-state index in [9.17, 15) is 4.79 Å². The van der Waals surface area contributed by atoms with Crippen LogP contribution in [0, 0.1) is 13.8 Å². The van der Waals surface area contributed by atoms with Crippen LogP contribution in [0.1, 0.15) is 11.5 Å². The van der Waals surface area contributed by atoms with Crippen molar-refractivity contribution in [3.05, 3.63) is 52.2 Å². The summed E-state index contributed by atoms with van der Waals surface area (Å²) in [4.78, 5) is 15.3. The van der Waals surface area contributed by atoms with Gasteiger partial charge in [0.1, 0.15) is 0 Å². The van der Waals surface area contributed by atoms with Crippen molar-refractivity contribution in [2.75, 3.05) is 0 Å². The topological polar surface area (TPSA) is 43.1 Å². The fraction of sp³-hybridized carbons (Fsp3) is 0.167. The Morgan fingerprint density at radius 1 is 1.20 bits per heavy atom. The number of aromatic nitrogens is 1. The third-order valence-electron chi connectivity index (χ3n) is 2.09. The maximum atomic E-state index is 11.2. The maximum Gasteiger partial charge on any atom is 0.339 e. The van der Waals surface area contributed by atoms with Gasteiger partial charge in [-0.05, 0) is 13.0 Å².